The molecule has 0 radical (unpaired) electrons. The van der Waals surface area contributed by atoms with Gasteiger partial charge in [-0.05, 0) is 37.5 Å². The van der Waals surface area contributed by atoms with E-state index >= 15 is 0 Å². The maximum Gasteiger partial charge on any atom is 0.261 e. The van der Waals surface area contributed by atoms with Gasteiger partial charge in [0.15, 0.2) is 0 Å². The number of amides is 1. The van der Waals surface area contributed by atoms with Gasteiger partial charge in [0, 0.05) is 31.4 Å². The Balaban J connectivity index is 1.70. The lowest BCUT2D eigenvalue weighted by Gasteiger charge is -2.24. The molecular formula is C17H19ClN4O. The van der Waals surface area contributed by atoms with Gasteiger partial charge in [0.05, 0.1) is 29.2 Å². The fourth-order valence-corrected chi connectivity index (χ4v) is 3.26. The van der Waals surface area contributed by atoms with Gasteiger partial charge in [0.25, 0.3) is 5.91 Å². The van der Waals surface area contributed by atoms with Gasteiger partial charge in [-0.2, -0.15) is 5.10 Å². The van der Waals surface area contributed by atoms with Crippen molar-refractivity contribution < 1.29 is 4.79 Å². The first-order valence-corrected chi connectivity index (χ1v) is 8.38. The largest absolute Gasteiger partial charge is 0.373 e. The van der Waals surface area contributed by atoms with Crippen molar-refractivity contribution in [1.82, 2.24) is 9.78 Å². The van der Waals surface area contributed by atoms with Crippen molar-refractivity contribution in [3.63, 3.8) is 0 Å². The summed E-state index contributed by atoms with van der Waals surface area (Å²) in [6.07, 6.45) is 6.79. The van der Waals surface area contributed by atoms with E-state index in [0.717, 1.165) is 37.2 Å². The van der Waals surface area contributed by atoms with Crippen molar-refractivity contribution in [1.29, 1.82) is 0 Å². The Morgan fingerprint density at radius 3 is 2.87 bits per heavy atom. The van der Waals surface area contributed by atoms with Crippen LogP contribution >= 0.6 is 11.6 Å². The standard InChI is InChI=1S/C17H19ClN4O/c1-20-7-2-8-21(16-9-13(18)3-6-15(16)20)17(23)12-10-19-22(11-12)14-4-5-14/h3,6,9-11,14H,2,4-5,7-8H2,1H3. The fourth-order valence-electron chi connectivity index (χ4n) is 3.10. The van der Waals surface area contributed by atoms with Crippen LogP contribution in [0.15, 0.2) is 30.6 Å². The van der Waals surface area contributed by atoms with Crippen molar-refractivity contribution in [2.24, 2.45) is 0 Å². The fraction of sp³-hybridized carbons (Fsp3) is 0.412. The van der Waals surface area contributed by atoms with E-state index in [-0.39, 0.29) is 5.91 Å². The predicted octanol–water partition coefficient (Wildman–Crippen LogP) is 3.36. The summed E-state index contributed by atoms with van der Waals surface area (Å²) in [6, 6.07) is 6.21. The quantitative estimate of drug-likeness (QED) is 0.848. The lowest BCUT2D eigenvalue weighted by atomic mass is 10.2. The van der Waals surface area contributed by atoms with E-state index in [0.29, 0.717) is 23.2 Å². The highest BCUT2D eigenvalue weighted by Crippen LogP contribution is 2.36. The van der Waals surface area contributed by atoms with Gasteiger partial charge in [-0.1, -0.05) is 11.6 Å². The summed E-state index contributed by atoms with van der Waals surface area (Å²) in [5, 5.41) is 4.98. The van der Waals surface area contributed by atoms with Crippen LogP contribution in [0.4, 0.5) is 11.4 Å². The van der Waals surface area contributed by atoms with E-state index in [1.807, 2.05) is 41.0 Å². The van der Waals surface area contributed by atoms with Crippen LogP contribution in [0.3, 0.4) is 0 Å². The summed E-state index contributed by atoms with van der Waals surface area (Å²) in [5.41, 5.74) is 2.56. The van der Waals surface area contributed by atoms with Crippen molar-refractivity contribution in [2.45, 2.75) is 25.3 Å². The zero-order valence-electron chi connectivity index (χ0n) is 13.1. The zero-order chi connectivity index (χ0) is 16.0. The third-order valence-electron chi connectivity index (χ3n) is 4.53. The van der Waals surface area contributed by atoms with Crippen LogP contribution in [0, 0.1) is 0 Å². The van der Waals surface area contributed by atoms with Gasteiger partial charge in [-0.15, -0.1) is 0 Å². The Labute approximate surface area is 140 Å². The highest BCUT2D eigenvalue weighted by Gasteiger charge is 2.28. The molecule has 2 aliphatic rings. The van der Waals surface area contributed by atoms with Gasteiger partial charge in [-0.3, -0.25) is 9.48 Å². The predicted molar refractivity (Wildman–Crippen MR) is 91.5 cm³/mol. The van der Waals surface area contributed by atoms with Crippen LogP contribution in [0.5, 0.6) is 0 Å². The molecule has 0 saturated heterocycles. The molecule has 0 unspecified atom stereocenters. The van der Waals surface area contributed by atoms with E-state index < -0.39 is 0 Å². The summed E-state index contributed by atoms with van der Waals surface area (Å²) in [7, 11) is 2.05. The van der Waals surface area contributed by atoms with Crippen molar-refractivity contribution in [2.75, 3.05) is 29.9 Å². The molecule has 120 valence electrons. The number of carbonyl (C=O) groups is 1. The Hall–Kier alpha value is -2.01. The van der Waals surface area contributed by atoms with Crippen molar-refractivity contribution in [3.05, 3.63) is 41.2 Å². The maximum absolute atomic E-state index is 13.0. The molecular weight excluding hydrogens is 312 g/mol. The Morgan fingerprint density at radius 2 is 2.09 bits per heavy atom. The van der Waals surface area contributed by atoms with E-state index in [2.05, 4.69) is 10.00 Å². The molecule has 0 spiro atoms. The van der Waals surface area contributed by atoms with Crippen LogP contribution in [0.2, 0.25) is 5.02 Å². The lowest BCUT2D eigenvalue weighted by molar-refractivity contribution is 0.0987. The topological polar surface area (TPSA) is 41.4 Å². The first-order chi connectivity index (χ1) is 11.1. The van der Waals surface area contributed by atoms with Crippen LogP contribution in [-0.4, -0.2) is 35.8 Å². The second-order valence-electron chi connectivity index (χ2n) is 6.31. The summed E-state index contributed by atoms with van der Waals surface area (Å²) < 4.78 is 1.91. The number of hydrogen-bond acceptors (Lipinski definition) is 3. The molecule has 23 heavy (non-hydrogen) atoms. The summed E-state index contributed by atoms with van der Waals surface area (Å²) >= 11 is 6.17. The van der Waals surface area contributed by atoms with Gasteiger partial charge in [0.2, 0.25) is 0 Å². The number of carbonyl (C=O) groups excluding carboxylic acids is 1. The average Bonchev–Trinajstić information content (AvgIpc) is 3.30. The third-order valence-corrected chi connectivity index (χ3v) is 4.76. The molecule has 1 aliphatic carbocycles. The second kappa shape index (κ2) is 5.57. The van der Waals surface area contributed by atoms with Gasteiger partial charge < -0.3 is 9.80 Å². The molecule has 2 heterocycles. The van der Waals surface area contributed by atoms with Crippen LogP contribution in [0.25, 0.3) is 0 Å². The number of rotatable bonds is 2. The van der Waals surface area contributed by atoms with Crippen molar-refractivity contribution >= 4 is 28.9 Å². The molecule has 4 rings (SSSR count). The average molecular weight is 331 g/mol. The first kappa shape index (κ1) is 14.6. The van der Waals surface area contributed by atoms with E-state index in [4.69, 9.17) is 11.6 Å². The number of fused-ring (bicyclic) bond motifs is 1. The molecule has 0 bridgehead atoms. The maximum atomic E-state index is 13.0. The molecule has 1 amide bonds. The Kier molecular flexibility index (Phi) is 3.53. The number of hydrogen-bond donors (Lipinski definition) is 0. The SMILES string of the molecule is CN1CCCN(C(=O)c2cnn(C3CC3)c2)c2cc(Cl)ccc21. The first-order valence-electron chi connectivity index (χ1n) is 8.00. The molecule has 1 aromatic heterocycles. The molecule has 1 aromatic carbocycles. The lowest BCUT2D eigenvalue weighted by Crippen LogP contribution is -2.31. The molecule has 1 saturated carbocycles. The number of benzene rings is 1. The number of halogens is 1. The molecule has 1 fully saturated rings. The molecule has 6 heteroatoms. The molecule has 0 atom stereocenters. The number of anilines is 2. The van der Waals surface area contributed by atoms with Gasteiger partial charge in [0.1, 0.15) is 0 Å². The smallest absolute Gasteiger partial charge is 0.261 e. The zero-order valence-corrected chi connectivity index (χ0v) is 13.8. The highest BCUT2D eigenvalue weighted by atomic mass is 35.5. The molecule has 5 nitrogen and oxygen atoms in total. The van der Waals surface area contributed by atoms with Gasteiger partial charge >= 0.3 is 0 Å². The number of aromatic nitrogens is 2. The second-order valence-corrected chi connectivity index (χ2v) is 6.74. The Bertz CT molecular complexity index is 753. The summed E-state index contributed by atoms with van der Waals surface area (Å²) in [5.74, 6) is -0.00397. The van der Waals surface area contributed by atoms with Crippen LogP contribution in [-0.2, 0) is 0 Å². The van der Waals surface area contributed by atoms with E-state index in [9.17, 15) is 4.79 Å². The molecule has 2 aromatic rings. The molecule has 0 N–H and O–H groups in total. The third kappa shape index (κ3) is 2.70. The number of nitrogens with zero attached hydrogens (tertiary/aromatic N) is 4. The molecule has 1 aliphatic heterocycles. The highest BCUT2D eigenvalue weighted by molar-refractivity contribution is 6.31. The van der Waals surface area contributed by atoms with Gasteiger partial charge in [-0.25, -0.2) is 0 Å². The minimum atomic E-state index is -0.00397. The van der Waals surface area contributed by atoms with Crippen LogP contribution in [0.1, 0.15) is 35.7 Å². The monoisotopic (exact) mass is 330 g/mol. The minimum absolute atomic E-state index is 0.00397. The summed E-state index contributed by atoms with van der Waals surface area (Å²) in [4.78, 5) is 17.0. The normalized spacial score (nSPS) is 17.8. The Morgan fingerprint density at radius 1 is 1.26 bits per heavy atom. The minimum Gasteiger partial charge on any atom is -0.373 e. The van der Waals surface area contributed by atoms with Crippen LogP contribution < -0.4 is 9.80 Å². The summed E-state index contributed by atoms with van der Waals surface area (Å²) in [6.45, 7) is 1.60. The van der Waals surface area contributed by atoms with E-state index in [1.165, 1.54) is 0 Å². The van der Waals surface area contributed by atoms with Crippen molar-refractivity contribution in [3.8, 4) is 0 Å². The van der Waals surface area contributed by atoms with E-state index in [1.54, 1.807) is 6.20 Å².